The van der Waals surface area contributed by atoms with Gasteiger partial charge in [0.15, 0.2) is 5.96 Å². The molecule has 0 saturated carbocycles. The molecule has 0 bridgehead atoms. The van der Waals surface area contributed by atoms with Crippen LogP contribution in [0.5, 0.6) is 5.75 Å². The highest BCUT2D eigenvalue weighted by molar-refractivity contribution is 5.84. The fourth-order valence-corrected chi connectivity index (χ4v) is 1.82. The highest BCUT2D eigenvalue weighted by atomic mass is 16.5. The second kappa shape index (κ2) is 9.71. The van der Waals surface area contributed by atoms with Gasteiger partial charge in [-0.3, -0.25) is 4.79 Å². The van der Waals surface area contributed by atoms with Crippen molar-refractivity contribution in [3.05, 3.63) is 29.8 Å². The quantitative estimate of drug-likeness (QED) is 0.589. The van der Waals surface area contributed by atoms with Gasteiger partial charge in [0.05, 0.1) is 6.54 Å². The van der Waals surface area contributed by atoms with Crippen LogP contribution in [0.15, 0.2) is 29.3 Å². The van der Waals surface area contributed by atoms with Crippen LogP contribution in [0.25, 0.3) is 0 Å². The Kier molecular flexibility index (Phi) is 7.94. The van der Waals surface area contributed by atoms with Crippen LogP contribution in [-0.4, -0.2) is 56.6 Å². The van der Waals surface area contributed by atoms with E-state index in [1.807, 2.05) is 45.0 Å². The molecule has 0 heterocycles. The number of rotatable bonds is 7. The zero-order valence-electron chi connectivity index (χ0n) is 14.7. The van der Waals surface area contributed by atoms with Crippen LogP contribution >= 0.6 is 0 Å². The standard InChI is InChI=1S/C17H28N4O2/c1-6-18-17(20-12-16(22)21(4)5)19-11-14(3)23-15-10-8-7-9-13(15)2/h7-10,14H,6,11-12H2,1-5H3,(H2,18,19,20). The van der Waals surface area contributed by atoms with Crippen LogP contribution in [0.4, 0.5) is 0 Å². The Balaban J connectivity index is 2.52. The van der Waals surface area contributed by atoms with Gasteiger partial charge in [0.2, 0.25) is 5.91 Å². The molecule has 6 nitrogen and oxygen atoms in total. The van der Waals surface area contributed by atoms with Gasteiger partial charge in [-0.25, -0.2) is 4.99 Å². The number of aryl methyl sites for hydroxylation is 1. The number of nitrogens with one attached hydrogen (secondary N) is 2. The van der Waals surface area contributed by atoms with Gasteiger partial charge in [-0.1, -0.05) is 18.2 Å². The van der Waals surface area contributed by atoms with Crippen molar-refractivity contribution < 1.29 is 9.53 Å². The molecule has 1 amide bonds. The van der Waals surface area contributed by atoms with Crippen LogP contribution in [0.3, 0.4) is 0 Å². The topological polar surface area (TPSA) is 66.0 Å². The number of nitrogens with zero attached hydrogens (tertiary/aromatic N) is 2. The van der Waals surface area contributed by atoms with E-state index >= 15 is 0 Å². The maximum absolute atomic E-state index is 11.6. The molecular weight excluding hydrogens is 292 g/mol. The van der Waals surface area contributed by atoms with E-state index in [2.05, 4.69) is 15.6 Å². The van der Waals surface area contributed by atoms with Gasteiger partial charge in [-0.2, -0.15) is 0 Å². The number of carbonyl (C=O) groups excluding carboxylic acids is 1. The molecule has 0 aliphatic carbocycles. The Bertz CT molecular complexity index is 529. The summed E-state index contributed by atoms with van der Waals surface area (Å²) in [5, 5.41) is 6.32. The number of benzene rings is 1. The van der Waals surface area contributed by atoms with Crippen molar-refractivity contribution in [2.45, 2.75) is 26.9 Å². The zero-order chi connectivity index (χ0) is 17.2. The lowest BCUT2D eigenvalue weighted by atomic mass is 10.2. The van der Waals surface area contributed by atoms with E-state index in [-0.39, 0.29) is 18.6 Å². The second-order valence-electron chi connectivity index (χ2n) is 5.56. The molecule has 1 unspecified atom stereocenters. The summed E-state index contributed by atoms with van der Waals surface area (Å²) in [7, 11) is 3.44. The predicted molar refractivity (Wildman–Crippen MR) is 93.9 cm³/mol. The number of para-hydroxylation sites is 1. The van der Waals surface area contributed by atoms with Crippen LogP contribution < -0.4 is 15.4 Å². The molecule has 0 saturated heterocycles. The predicted octanol–water partition coefficient (Wildman–Crippen LogP) is 1.41. The maximum atomic E-state index is 11.6. The van der Waals surface area contributed by atoms with Gasteiger partial charge >= 0.3 is 0 Å². The van der Waals surface area contributed by atoms with Crippen molar-refractivity contribution in [3.8, 4) is 5.75 Å². The molecule has 1 atom stereocenters. The van der Waals surface area contributed by atoms with Crippen LogP contribution in [0.1, 0.15) is 19.4 Å². The van der Waals surface area contributed by atoms with Crippen LogP contribution in [-0.2, 0) is 4.79 Å². The summed E-state index contributed by atoms with van der Waals surface area (Å²) in [5.74, 6) is 1.46. The van der Waals surface area contributed by atoms with E-state index < -0.39 is 0 Å². The van der Waals surface area contributed by atoms with Crippen molar-refractivity contribution in [3.63, 3.8) is 0 Å². The molecule has 0 fully saturated rings. The fraction of sp³-hybridized carbons (Fsp3) is 0.529. The van der Waals surface area contributed by atoms with Crippen LogP contribution in [0, 0.1) is 6.92 Å². The fourth-order valence-electron chi connectivity index (χ4n) is 1.82. The van der Waals surface area contributed by atoms with E-state index in [1.165, 1.54) is 4.90 Å². The van der Waals surface area contributed by atoms with Crippen molar-refractivity contribution in [2.75, 3.05) is 33.7 Å². The van der Waals surface area contributed by atoms with Gasteiger partial charge in [-0.15, -0.1) is 0 Å². The molecule has 128 valence electrons. The average molecular weight is 320 g/mol. The highest BCUT2D eigenvalue weighted by Crippen LogP contribution is 2.17. The van der Waals surface area contributed by atoms with Crippen molar-refractivity contribution in [1.82, 2.24) is 15.5 Å². The Morgan fingerprint density at radius 1 is 1.30 bits per heavy atom. The summed E-state index contributed by atoms with van der Waals surface area (Å²) in [6, 6.07) is 7.93. The number of amides is 1. The molecule has 0 radical (unpaired) electrons. The summed E-state index contributed by atoms with van der Waals surface area (Å²) in [5.41, 5.74) is 1.11. The van der Waals surface area contributed by atoms with E-state index in [0.29, 0.717) is 12.5 Å². The average Bonchev–Trinajstić information content (AvgIpc) is 2.51. The third kappa shape index (κ3) is 7.04. The number of hydrogen-bond acceptors (Lipinski definition) is 3. The first-order valence-electron chi connectivity index (χ1n) is 7.88. The molecule has 6 heteroatoms. The summed E-state index contributed by atoms with van der Waals surface area (Å²) in [6.07, 6.45) is -0.0236. The normalized spacial score (nSPS) is 12.5. The van der Waals surface area contributed by atoms with Gasteiger partial charge in [0.25, 0.3) is 0 Å². The molecule has 0 spiro atoms. The Hall–Kier alpha value is -2.24. The van der Waals surface area contributed by atoms with E-state index in [4.69, 9.17) is 4.74 Å². The first kappa shape index (κ1) is 18.8. The minimum absolute atomic E-state index is 0.0236. The summed E-state index contributed by atoms with van der Waals surface area (Å²) in [6.45, 7) is 7.45. The van der Waals surface area contributed by atoms with Crippen LogP contribution in [0.2, 0.25) is 0 Å². The number of ether oxygens (including phenoxy) is 1. The SMILES string of the molecule is CCNC(=NCC(=O)N(C)C)NCC(C)Oc1ccccc1C. The van der Waals surface area contributed by atoms with Gasteiger partial charge < -0.3 is 20.3 Å². The lowest BCUT2D eigenvalue weighted by Gasteiger charge is -2.19. The molecule has 23 heavy (non-hydrogen) atoms. The third-order valence-electron chi connectivity index (χ3n) is 3.19. The van der Waals surface area contributed by atoms with E-state index in [9.17, 15) is 4.79 Å². The number of hydrogen-bond donors (Lipinski definition) is 2. The second-order valence-corrected chi connectivity index (χ2v) is 5.56. The molecule has 0 aromatic heterocycles. The van der Waals surface area contributed by atoms with E-state index in [1.54, 1.807) is 14.1 Å². The Morgan fingerprint density at radius 3 is 2.61 bits per heavy atom. The smallest absolute Gasteiger partial charge is 0.243 e. The first-order chi connectivity index (χ1) is 10.9. The highest BCUT2D eigenvalue weighted by Gasteiger charge is 2.08. The van der Waals surface area contributed by atoms with Crippen molar-refractivity contribution >= 4 is 11.9 Å². The number of guanidine groups is 1. The number of carbonyl (C=O) groups is 1. The summed E-state index contributed by atoms with van der Waals surface area (Å²) in [4.78, 5) is 17.4. The van der Waals surface area contributed by atoms with Gasteiger partial charge in [0.1, 0.15) is 18.4 Å². The number of likely N-dealkylation sites (N-methyl/N-ethyl adjacent to an activating group) is 1. The minimum Gasteiger partial charge on any atom is -0.489 e. The molecule has 1 rings (SSSR count). The first-order valence-corrected chi connectivity index (χ1v) is 7.88. The Labute approximate surface area is 138 Å². The lowest BCUT2D eigenvalue weighted by molar-refractivity contribution is -0.127. The zero-order valence-corrected chi connectivity index (χ0v) is 14.7. The van der Waals surface area contributed by atoms with E-state index in [0.717, 1.165) is 17.9 Å². The lowest BCUT2D eigenvalue weighted by Crippen LogP contribution is -2.42. The Morgan fingerprint density at radius 2 is 2.00 bits per heavy atom. The molecule has 2 N–H and O–H groups in total. The summed E-state index contributed by atoms with van der Waals surface area (Å²) >= 11 is 0. The molecule has 1 aromatic carbocycles. The third-order valence-corrected chi connectivity index (χ3v) is 3.19. The van der Waals surface area contributed by atoms with Crippen molar-refractivity contribution in [1.29, 1.82) is 0 Å². The minimum atomic E-state index is -0.0357. The largest absolute Gasteiger partial charge is 0.489 e. The molecule has 0 aliphatic heterocycles. The van der Waals surface area contributed by atoms with Gasteiger partial charge in [0, 0.05) is 20.6 Å². The molecular formula is C17H28N4O2. The van der Waals surface area contributed by atoms with Crippen molar-refractivity contribution in [2.24, 2.45) is 4.99 Å². The molecule has 1 aromatic rings. The summed E-state index contributed by atoms with van der Waals surface area (Å²) < 4.78 is 5.92. The molecule has 0 aliphatic rings. The maximum Gasteiger partial charge on any atom is 0.243 e. The van der Waals surface area contributed by atoms with Gasteiger partial charge in [-0.05, 0) is 32.4 Å². The monoisotopic (exact) mass is 320 g/mol. The number of aliphatic imine (C=N–C) groups is 1.